The van der Waals surface area contributed by atoms with Crippen LogP contribution in [0.3, 0.4) is 0 Å². The normalized spacial score (nSPS) is 19.3. The first-order chi connectivity index (χ1) is 12.9. The number of nitrogens with zero attached hydrogens (tertiary/aromatic N) is 2. The molecule has 148 valence electrons. The minimum Gasteiger partial charge on any atom is -0.478 e. The van der Waals surface area contributed by atoms with Crippen molar-refractivity contribution in [3.8, 4) is 0 Å². The molecule has 9 heteroatoms. The second-order valence-corrected chi connectivity index (χ2v) is 8.77. The molecular formula is C18H24N2O6S. The number of carbonyl (C=O) groups excluding carboxylic acids is 1. The van der Waals surface area contributed by atoms with Gasteiger partial charge in [0.15, 0.2) is 0 Å². The average molecular weight is 396 g/mol. The number of ether oxygens (including phenoxy) is 1. The molecule has 0 atom stereocenters. The van der Waals surface area contributed by atoms with Crippen molar-refractivity contribution in [3.05, 3.63) is 29.8 Å². The first kappa shape index (κ1) is 19.8. The number of carbonyl (C=O) groups is 2. The number of rotatable bonds is 6. The fourth-order valence-corrected chi connectivity index (χ4v) is 4.85. The van der Waals surface area contributed by atoms with Crippen molar-refractivity contribution >= 4 is 21.9 Å². The van der Waals surface area contributed by atoms with Gasteiger partial charge in [-0.2, -0.15) is 4.31 Å². The zero-order valence-electron chi connectivity index (χ0n) is 15.0. The van der Waals surface area contributed by atoms with E-state index in [-0.39, 0.29) is 42.2 Å². The van der Waals surface area contributed by atoms with Gasteiger partial charge in [0.1, 0.15) is 6.61 Å². The van der Waals surface area contributed by atoms with Crippen molar-refractivity contribution < 1.29 is 27.9 Å². The molecule has 0 unspecified atom stereocenters. The van der Waals surface area contributed by atoms with E-state index >= 15 is 0 Å². The summed E-state index contributed by atoms with van der Waals surface area (Å²) in [6.07, 6.45) is 4.45. The number of piperazine rings is 1. The van der Waals surface area contributed by atoms with E-state index in [1.54, 1.807) is 4.90 Å². The molecule has 2 aliphatic rings. The van der Waals surface area contributed by atoms with Crippen LogP contribution in [0, 0.1) is 0 Å². The van der Waals surface area contributed by atoms with Crippen molar-refractivity contribution in [2.75, 3.05) is 32.8 Å². The first-order valence-electron chi connectivity index (χ1n) is 9.11. The van der Waals surface area contributed by atoms with Gasteiger partial charge in [0, 0.05) is 26.2 Å². The molecule has 0 spiro atoms. The fraction of sp³-hybridized carbons (Fsp3) is 0.556. The largest absolute Gasteiger partial charge is 0.478 e. The Kier molecular flexibility index (Phi) is 6.13. The number of sulfonamides is 1. The molecule has 1 amide bonds. The summed E-state index contributed by atoms with van der Waals surface area (Å²) in [5.74, 6) is -1.21. The summed E-state index contributed by atoms with van der Waals surface area (Å²) >= 11 is 0. The van der Waals surface area contributed by atoms with Crippen LogP contribution in [0.2, 0.25) is 0 Å². The van der Waals surface area contributed by atoms with E-state index in [2.05, 4.69) is 0 Å². The lowest BCUT2D eigenvalue weighted by Crippen LogP contribution is -2.51. The minimum atomic E-state index is -3.71. The van der Waals surface area contributed by atoms with Crippen LogP contribution in [0.5, 0.6) is 0 Å². The first-order valence-corrected chi connectivity index (χ1v) is 10.5. The predicted octanol–water partition coefficient (Wildman–Crippen LogP) is 1.18. The van der Waals surface area contributed by atoms with Crippen LogP contribution in [0.25, 0.3) is 0 Å². The highest BCUT2D eigenvalue weighted by molar-refractivity contribution is 7.89. The van der Waals surface area contributed by atoms with Crippen LogP contribution in [-0.4, -0.2) is 73.5 Å². The highest BCUT2D eigenvalue weighted by atomic mass is 32.2. The molecule has 1 aromatic carbocycles. The van der Waals surface area contributed by atoms with Gasteiger partial charge in [-0.25, -0.2) is 13.2 Å². The maximum atomic E-state index is 12.7. The third-order valence-corrected chi connectivity index (χ3v) is 6.99. The lowest BCUT2D eigenvalue weighted by atomic mass is 10.2. The van der Waals surface area contributed by atoms with E-state index in [0.29, 0.717) is 13.1 Å². The molecule has 8 nitrogen and oxygen atoms in total. The second-order valence-electron chi connectivity index (χ2n) is 6.83. The lowest BCUT2D eigenvalue weighted by Gasteiger charge is -2.34. The van der Waals surface area contributed by atoms with Crippen molar-refractivity contribution in [1.82, 2.24) is 9.21 Å². The SMILES string of the molecule is O=C(O)c1ccc(S(=O)(=O)N2CCN(C(=O)COC3CCCC3)CC2)cc1. The molecule has 1 saturated heterocycles. The Balaban J connectivity index is 1.54. The zero-order valence-corrected chi connectivity index (χ0v) is 15.9. The van der Waals surface area contributed by atoms with Crippen LogP contribution in [0.1, 0.15) is 36.0 Å². The summed E-state index contributed by atoms with van der Waals surface area (Å²) in [6, 6.07) is 5.14. The van der Waals surface area contributed by atoms with E-state index in [1.165, 1.54) is 28.6 Å². The highest BCUT2D eigenvalue weighted by Gasteiger charge is 2.30. The minimum absolute atomic E-state index is 0.0339. The number of benzene rings is 1. The van der Waals surface area contributed by atoms with Crippen molar-refractivity contribution in [2.24, 2.45) is 0 Å². The summed E-state index contributed by atoms with van der Waals surface area (Å²) in [6.45, 7) is 1.10. The molecule has 0 bridgehead atoms. The quantitative estimate of drug-likeness (QED) is 0.774. The summed E-state index contributed by atoms with van der Waals surface area (Å²) in [5.41, 5.74) is 0.0339. The number of amides is 1. The maximum absolute atomic E-state index is 12.7. The topological polar surface area (TPSA) is 104 Å². The van der Waals surface area contributed by atoms with Gasteiger partial charge in [-0.1, -0.05) is 12.8 Å². The van der Waals surface area contributed by atoms with Crippen molar-refractivity contribution in [1.29, 1.82) is 0 Å². The lowest BCUT2D eigenvalue weighted by molar-refractivity contribution is -0.139. The molecule has 0 aromatic heterocycles. The standard InChI is InChI=1S/C18H24N2O6S/c21-17(13-26-15-3-1-2-4-15)19-9-11-20(12-10-19)27(24,25)16-7-5-14(6-8-16)18(22)23/h5-8,15H,1-4,9-13H2,(H,22,23). The number of hydrogen-bond donors (Lipinski definition) is 1. The van der Waals surface area contributed by atoms with Gasteiger partial charge >= 0.3 is 5.97 Å². The molecule has 1 aromatic rings. The summed E-state index contributed by atoms with van der Waals surface area (Å²) < 4.78 is 32.4. The van der Waals surface area contributed by atoms with E-state index < -0.39 is 16.0 Å². The average Bonchev–Trinajstić information content (AvgIpc) is 3.20. The van der Waals surface area contributed by atoms with Crippen molar-refractivity contribution in [3.63, 3.8) is 0 Å². The van der Waals surface area contributed by atoms with Crippen molar-refractivity contribution in [2.45, 2.75) is 36.7 Å². The van der Waals surface area contributed by atoms with E-state index in [4.69, 9.17) is 9.84 Å². The Labute approximate surface area is 158 Å². The molecule has 1 aliphatic carbocycles. The third kappa shape index (κ3) is 4.66. The molecule has 1 heterocycles. The molecule has 1 N–H and O–H groups in total. The van der Waals surface area contributed by atoms with Crippen LogP contribution in [-0.2, 0) is 19.6 Å². The smallest absolute Gasteiger partial charge is 0.335 e. The van der Waals surface area contributed by atoms with Crippen LogP contribution in [0.4, 0.5) is 0 Å². The molecule has 1 saturated carbocycles. The molecule has 27 heavy (non-hydrogen) atoms. The van der Waals surface area contributed by atoms with Gasteiger partial charge in [-0.05, 0) is 37.1 Å². The zero-order chi connectivity index (χ0) is 19.4. The summed E-state index contributed by atoms with van der Waals surface area (Å²) in [4.78, 5) is 24.8. The summed E-state index contributed by atoms with van der Waals surface area (Å²) in [7, 11) is -3.71. The van der Waals surface area contributed by atoms with Gasteiger partial charge in [0.05, 0.1) is 16.6 Å². The Morgan fingerprint density at radius 2 is 1.63 bits per heavy atom. The fourth-order valence-electron chi connectivity index (χ4n) is 3.43. The highest BCUT2D eigenvalue weighted by Crippen LogP contribution is 2.21. The van der Waals surface area contributed by atoms with Gasteiger partial charge < -0.3 is 14.7 Å². The van der Waals surface area contributed by atoms with Gasteiger partial charge in [-0.15, -0.1) is 0 Å². The second kappa shape index (κ2) is 8.37. The summed E-state index contributed by atoms with van der Waals surface area (Å²) in [5, 5.41) is 8.91. The van der Waals surface area contributed by atoms with Gasteiger partial charge in [0.25, 0.3) is 0 Å². The van der Waals surface area contributed by atoms with Crippen LogP contribution < -0.4 is 0 Å². The van der Waals surface area contributed by atoms with Crippen LogP contribution in [0.15, 0.2) is 29.2 Å². The van der Waals surface area contributed by atoms with E-state index in [0.717, 1.165) is 25.7 Å². The monoisotopic (exact) mass is 396 g/mol. The number of carboxylic acids is 1. The third-order valence-electron chi connectivity index (χ3n) is 5.08. The van der Waals surface area contributed by atoms with E-state index in [1.807, 2.05) is 0 Å². The maximum Gasteiger partial charge on any atom is 0.335 e. The van der Waals surface area contributed by atoms with Crippen LogP contribution >= 0.6 is 0 Å². The Morgan fingerprint density at radius 1 is 1.04 bits per heavy atom. The molecular weight excluding hydrogens is 372 g/mol. The number of hydrogen-bond acceptors (Lipinski definition) is 5. The molecule has 2 fully saturated rings. The molecule has 1 aliphatic heterocycles. The van der Waals surface area contributed by atoms with Gasteiger partial charge in [0.2, 0.25) is 15.9 Å². The Morgan fingerprint density at radius 3 is 2.19 bits per heavy atom. The predicted molar refractivity (Wildman–Crippen MR) is 96.9 cm³/mol. The van der Waals surface area contributed by atoms with Gasteiger partial charge in [-0.3, -0.25) is 4.79 Å². The number of aromatic carboxylic acids is 1. The van der Waals surface area contributed by atoms with E-state index in [9.17, 15) is 18.0 Å². The Hall–Kier alpha value is -1.97. The number of carboxylic acid groups (broad SMARTS) is 1. The molecule has 0 radical (unpaired) electrons. The molecule has 3 rings (SSSR count). The Bertz CT molecular complexity index is 779.